The molecule has 0 radical (unpaired) electrons. The zero-order chi connectivity index (χ0) is 10.4. The SMILES string of the molecule is CCCOc1cc(CBr)cc(CBr)c1. The summed E-state index contributed by atoms with van der Waals surface area (Å²) in [6, 6.07) is 6.33. The van der Waals surface area contributed by atoms with Crippen molar-refractivity contribution in [1.82, 2.24) is 0 Å². The Morgan fingerprint density at radius 1 is 1.07 bits per heavy atom. The van der Waals surface area contributed by atoms with Gasteiger partial charge >= 0.3 is 0 Å². The molecule has 1 nitrogen and oxygen atoms in total. The van der Waals surface area contributed by atoms with Crippen molar-refractivity contribution in [2.75, 3.05) is 6.61 Å². The van der Waals surface area contributed by atoms with Gasteiger partial charge in [-0.05, 0) is 29.7 Å². The topological polar surface area (TPSA) is 9.23 Å². The minimum Gasteiger partial charge on any atom is -0.494 e. The van der Waals surface area contributed by atoms with Crippen molar-refractivity contribution in [3.8, 4) is 5.75 Å². The summed E-state index contributed by atoms with van der Waals surface area (Å²) >= 11 is 6.90. The summed E-state index contributed by atoms with van der Waals surface area (Å²) in [6.07, 6.45) is 1.04. The molecule has 1 aromatic rings. The quantitative estimate of drug-likeness (QED) is 0.736. The minimum absolute atomic E-state index is 0.785. The van der Waals surface area contributed by atoms with Gasteiger partial charge < -0.3 is 4.74 Å². The number of alkyl halides is 2. The molecule has 0 aliphatic heterocycles. The highest BCUT2D eigenvalue weighted by atomic mass is 79.9. The van der Waals surface area contributed by atoms with Gasteiger partial charge in [-0.2, -0.15) is 0 Å². The fourth-order valence-corrected chi connectivity index (χ4v) is 1.83. The van der Waals surface area contributed by atoms with Crippen LogP contribution in [0.3, 0.4) is 0 Å². The van der Waals surface area contributed by atoms with Crippen LogP contribution in [0.2, 0.25) is 0 Å². The van der Waals surface area contributed by atoms with Gasteiger partial charge in [0.1, 0.15) is 5.75 Å². The lowest BCUT2D eigenvalue weighted by atomic mass is 10.1. The Balaban J connectivity index is 2.81. The highest BCUT2D eigenvalue weighted by molar-refractivity contribution is 9.08. The second-order valence-electron chi connectivity index (χ2n) is 3.10. The zero-order valence-corrected chi connectivity index (χ0v) is 11.4. The standard InChI is InChI=1S/C11H14Br2O/c1-2-3-14-11-5-9(7-12)4-10(6-11)8-13/h4-6H,2-3,7-8H2,1H3. The Morgan fingerprint density at radius 3 is 2.07 bits per heavy atom. The predicted octanol–water partition coefficient (Wildman–Crippen LogP) is 4.27. The van der Waals surface area contributed by atoms with Crippen LogP contribution in [0, 0.1) is 0 Å². The van der Waals surface area contributed by atoms with E-state index in [0.29, 0.717) is 0 Å². The van der Waals surface area contributed by atoms with Crippen LogP contribution < -0.4 is 4.74 Å². The average Bonchev–Trinajstić information content (AvgIpc) is 2.25. The van der Waals surface area contributed by atoms with Crippen LogP contribution in [0.1, 0.15) is 24.5 Å². The van der Waals surface area contributed by atoms with Crippen molar-refractivity contribution >= 4 is 31.9 Å². The predicted molar refractivity (Wildman–Crippen MR) is 67.5 cm³/mol. The molecule has 3 heteroatoms. The molecule has 0 amide bonds. The molecule has 0 aromatic heterocycles. The molecule has 0 heterocycles. The summed E-state index contributed by atoms with van der Waals surface area (Å²) in [7, 11) is 0. The van der Waals surface area contributed by atoms with E-state index in [2.05, 4.69) is 57.0 Å². The molecule has 0 saturated carbocycles. The zero-order valence-electron chi connectivity index (χ0n) is 8.22. The van der Waals surface area contributed by atoms with E-state index in [1.807, 2.05) is 0 Å². The number of ether oxygens (including phenoxy) is 1. The van der Waals surface area contributed by atoms with Crippen molar-refractivity contribution in [2.24, 2.45) is 0 Å². The monoisotopic (exact) mass is 320 g/mol. The Kier molecular flexibility index (Phi) is 5.56. The minimum atomic E-state index is 0.785. The van der Waals surface area contributed by atoms with E-state index in [-0.39, 0.29) is 0 Å². The molecule has 1 rings (SSSR count). The molecular formula is C11H14Br2O. The molecule has 0 saturated heterocycles. The van der Waals surface area contributed by atoms with Crippen LogP contribution in [0.15, 0.2) is 18.2 Å². The van der Waals surface area contributed by atoms with E-state index in [9.17, 15) is 0 Å². The maximum absolute atomic E-state index is 5.60. The normalized spacial score (nSPS) is 10.2. The summed E-state index contributed by atoms with van der Waals surface area (Å²) in [6.45, 7) is 2.90. The van der Waals surface area contributed by atoms with Gasteiger partial charge in [0.05, 0.1) is 6.61 Å². The van der Waals surface area contributed by atoms with Crippen LogP contribution >= 0.6 is 31.9 Å². The van der Waals surface area contributed by atoms with E-state index in [1.54, 1.807) is 0 Å². The van der Waals surface area contributed by atoms with E-state index < -0.39 is 0 Å². The first kappa shape index (κ1) is 12.1. The van der Waals surface area contributed by atoms with E-state index in [0.717, 1.165) is 29.4 Å². The van der Waals surface area contributed by atoms with E-state index in [1.165, 1.54) is 11.1 Å². The van der Waals surface area contributed by atoms with Crippen molar-refractivity contribution in [1.29, 1.82) is 0 Å². The number of rotatable bonds is 5. The highest BCUT2D eigenvalue weighted by Crippen LogP contribution is 2.21. The summed E-state index contributed by atoms with van der Waals surface area (Å²) in [5.74, 6) is 0.971. The largest absolute Gasteiger partial charge is 0.494 e. The van der Waals surface area contributed by atoms with Crippen LogP contribution in [-0.2, 0) is 10.7 Å². The lowest BCUT2D eigenvalue weighted by Gasteiger charge is -2.08. The summed E-state index contributed by atoms with van der Waals surface area (Å²) in [5, 5.41) is 1.74. The van der Waals surface area contributed by atoms with Gasteiger partial charge in [0.25, 0.3) is 0 Å². The maximum atomic E-state index is 5.60. The number of hydrogen-bond donors (Lipinski definition) is 0. The molecule has 14 heavy (non-hydrogen) atoms. The second-order valence-corrected chi connectivity index (χ2v) is 4.22. The van der Waals surface area contributed by atoms with Crippen molar-refractivity contribution in [3.05, 3.63) is 29.3 Å². The third kappa shape index (κ3) is 3.62. The molecule has 0 bridgehead atoms. The van der Waals surface area contributed by atoms with Crippen molar-refractivity contribution in [3.63, 3.8) is 0 Å². The van der Waals surface area contributed by atoms with E-state index >= 15 is 0 Å². The first-order chi connectivity index (χ1) is 6.80. The van der Waals surface area contributed by atoms with Gasteiger partial charge in [-0.1, -0.05) is 44.8 Å². The third-order valence-electron chi connectivity index (χ3n) is 1.81. The molecular weight excluding hydrogens is 308 g/mol. The number of benzene rings is 1. The van der Waals surface area contributed by atoms with Crippen LogP contribution in [0.25, 0.3) is 0 Å². The Bertz CT molecular complexity index is 264. The van der Waals surface area contributed by atoms with Crippen molar-refractivity contribution in [2.45, 2.75) is 24.0 Å². The Hall–Kier alpha value is -0.0200. The maximum Gasteiger partial charge on any atom is 0.119 e. The molecule has 0 fully saturated rings. The fraction of sp³-hybridized carbons (Fsp3) is 0.455. The molecule has 0 N–H and O–H groups in total. The molecule has 78 valence electrons. The van der Waals surface area contributed by atoms with Crippen molar-refractivity contribution < 1.29 is 4.74 Å². The van der Waals surface area contributed by atoms with Crippen LogP contribution in [-0.4, -0.2) is 6.61 Å². The highest BCUT2D eigenvalue weighted by Gasteiger charge is 2.00. The summed E-state index contributed by atoms with van der Waals surface area (Å²) in [4.78, 5) is 0. The Labute approximate surface area is 102 Å². The van der Waals surface area contributed by atoms with Gasteiger partial charge in [0, 0.05) is 10.7 Å². The van der Waals surface area contributed by atoms with Gasteiger partial charge in [-0.3, -0.25) is 0 Å². The van der Waals surface area contributed by atoms with Gasteiger partial charge in [0.2, 0.25) is 0 Å². The third-order valence-corrected chi connectivity index (χ3v) is 3.10. The number of hydrogen-bond acceptors (Lipinski definition) is 1. The lowest BCUT2D eigenvalue weighted by molar-refractivity contribution is 0.317. The fourth-order valence-electron chi connectivity index (χ4n) is 1.19. The lowest BCUT2D eigenvalue weighted by Crippen LogP contribution is -1.96. The molecule has 0 aliphatic rings. The van der Waals surface area contributed by atoms with Gasteiger partial charge in [0.15, 0.2) is 0 Å². The smallest absolute Gasteiger partial charge is 0.119 e. The van der Waals surface area contributed by atoms with E-state index in [4.69, 9.17) is 4.74 Å². The molecule has 0 spiro atoms. The molecule has 1 aromatic carbocycles. The van der Waals surface area contributed by atoms with Crippen LogP contribution in [0.4, 0.5) is 0 Å². The van der Waals surface area contributed by atoms with Gasteiger partial charge in [-0.15, -0.1) is 0 Å². The first-order valence-corrected chi connectivity index (χ1v) is 6.92. The van der Waals surface area contributed by atoms with Gasteiger partial charge in [-0.25, -0.2) is 0 Å². The Morgan fingerprint density at radius 2 is 1.64 bits per heavy atom. The average molecular weight is 322 g/mol. The molecule has 0 unspecified atom stereocenters. The number of halogens is 2. The van der Waals surface area contributed by atoms with Crippen LogP contribution in [0.5, 0.6) is 5.75 Å². The first-order valence-electron chi connectivity index (χ1n) is 4.67. The second kappa shape index (κ2) is 6.46. The molecule has 0 atom stereocenters. The summed E-state index contributed by atoms with van der Waals surface area (Å²) < 4.78 is 5.60. The molecule has 0 aliphatic carbocycles. The summed E-state index contributed by atoms with van der Waals surface area (Å²) in [5.41, 5.74) is 2.51.